The molecule has 2 heterocycles. The van der Waals surface area contributed by atoms with E-state index in [1.807, 2.05) is 23.1 Å². The van der Waals surface area contributed by atoms with Gasteiger partial charge in [0.15, 0.2) is 0 Å². The van der Waals surface area contributed by atoms with Gasteiger partial charge in [0.25, 0.3) is 0 Å². The quantitative estimate of drug-likeness (QED) is 0.808. The van der Waals surface area contributed by atoms with Gasteiger partial charge in [0.2, 0.25) is 5.91 Å². The molecule has 1 aromatic rings. The van der Waals surface area contributed by atoms with Crippen molar-refractivity contribution in [1.29, 1.82) is 0 Å². The molecule has 1 fully saturated rings. The van der Waals surface area contributed by atoms with Gasteiger partial charge in [-0.15, -0.1) is 0 Å². The van der Waals surface area contributed by atoms with Gasteiger partial charge < -0.3 is 15.4 Å². The maximum atomic E-state index is 12.2. The van der Waals surface area contributed by atoms with Gasteiger partial charge in [-0.2, -0.15) is 0 Å². The summed E-state index contributed by atoms with van der Waals surface area (Å²) in [4.78, 5) is 14.1. The van der Waals surface area contributed by atoms with Gasteiger partial charge in [0.05, 0.1) is 12.5 Å². The van der Waals surface area contributed by atoms with Crippen molar-refractivity contribution >= 4 is 11.6 Å². The average Bonchev–Trinajstić information content (AvgIpc) is 2.96. The molecule has 1 aromatic carbocycles. The second kappa shape index (κ2) is 4.61. The molecule has 0 radical (unpaired) electrons. The molecule has 0 aromatic heterocycles. The summed E-state index contributed by atoms with van der Waals surface area (Å²) in [6.45, 7) is 2.20. The van der Waals surface area contributed by atoms with Crippen molar-refractivity contribution < 1.29 is 9.53 Å². The normalized spacial score (nSPS) is 22.2. The van der Waals surface area contributed by atoms with Crippen LogP contribution in [0, 0.1) is 0 Å². The molecule has 1 unspecified atom stereocenters. The van der Waals surface area contributed by atoms with E-state index in [0.717, 1.165) is 25.1 Å². The lowest BCUT2D eigenvalue weighted by Gasteiger charge is -2.17. The summed E-state index contributed by atoms with van der Waals surface area (Å²) in [6.07, 6.45) is 2.74. The van der Waals surface area contributed by atoms with Crippen LogP contribution in [0.25, 0.3) is 0 Å². The number of carbonyl (C=O) groups is 1. The molecule has 0 saturated carbocycles. The molecule has 3 rings (SSSR count). The number of fused-ring (bicyclic) bond motifs is 1. The van der Waals surface area contributed by atoms with Crippen LogP contribution in [0.3, 0.4) is 0 Å². The number of carbonyl (C=O) groups excluding carboxylic acids is 1. The van der Waals surface area contributed by atoms with Crippen LogP contribution in [0.5, 0.6) is 0 Å². The zero-order valence-electron chi connectivity index (χ0n) is 10.4. The molecule has 2 aliphatic heterocycles. The van der Waals surface area contributed by atoms with Crippen molar-refractivity contribution in [3.63, 3.8) is 0 Å². The molecule has 0 spiro atoms. The highest BCUT2D eigenvalue weighted by Crippen LogP contribution is 2.26. The Kier molecular flexibility index (Phi) is 2.96. The maximum absolute atomic E-state index is 12.2. The van der Waals surface area contributed by atoms with Crippen molar-refractivity contribution in [2.24, 2.45) is 0 Å². The number of rotatable bonds is 2. The molecule has 1 atom stereocenters. The van der Waals surface area contributed by atoms with Gasteiger partial charge in [-0.25, -0.2) is 0 Å². The van der Waals surface area contributed by atoms with Crippen molar-refractivity contribution in [1.82, 2.24) is 4.90 Å². The van der Waals surface area contributed by atoms with E-state index in [-0.39, 0.29) is 12.0 Å². The highest BCUT2D eigenvalue weighted by atomic mass is 16.5. The van der Waals surface area contributed by atoms with E-state index in [2.05, 4.69) is 0 Å². The summed E-state index contributed by atoms with van der Waals surface area (Å²) >= 11 is 0. The third-order valence-electron chi connectivity index (χ3n) is 3.73. The predicted molar refractivity (Wildman–Crippen MR) is 68.7 cm³/mol. The van der Waals surface area contributed by atoms with E-state index in [1.54, 1.807) is 0 Å². The van der Waals surface area contributed by atoms with Gasteiger partial charge in [-0.3, -0.25) is 4.79 Å². The molecule has 0 bridgehead atoms. The highest BCUT2D eigenvalue weighted by molar-refractivity contribution is 5.77. The van der Waals surface area contributed by atoms with Crippen LogP contribution >= 0.6 is 0 Å². The van der Waals surface area contributed by atoms with Crippen LogP contribution < -0.4 is 5.73 Å². The third-order valence-corrected chi connectivity index (χ3v) is 3.73. The van der Waals surface area contributed by atoms with Gasteiger partial charge in [0.1, 0.15) is 0 Å². The summed E-state index contributed by atoms with van der Waals surface area (Å²) in [6, 6.07) is 5.88. The van der Waals surface area contributed by atoms with Crippen LogP contribution in [0.15, 0.2) is 18.2 Å². The molecule has 0 aliphatic carbocycles. The topological polar surface area (TPSA) is 55.6 Å². The Hall–Kier alpha value is -1.55. The molecule has 2 aliphatic rings. The fourth-order valence-corrected chi connectivity index (χ4v) is 2.72. The zero-order valence-corrected chi connectivity index (χ0v) is 10.4. The Morgan fingerprint density at radius 2 is 2.22 bits per heavy atom. The molecule has 18 heavy (non-hydrogen) atoms. The average molecular weight is 246 g/mol. The lowest BCUT2D eigenvalue weighted by molar-refractivity contribution is -0.134. The second-order valence-corrected chi connectivity index (χ2v) is 5.12. The first-order valence-electron chi connectivity index (χ1n) is 6.49. The number of nitrogens with two attached hydrogens (primary N) is 1. The molecule has 4 heteroatoms. The van der Waals surface area contributed by atoms with Crippen molar-refractivity contribution in [3.8, 4) is 0 Å². The summed E-state index contributed by atoms with van der Waals surface area (Å²) < 4.78 is 5.51. The zero-order chi connectivity index (χ0) is 12.5. The van der Waals surface area contributed by atoms with Crippen LogP contribution in [0.4, 0.5) is 5.69 Å². The van der Waals surface area contributed by atoms with Crippen molar-refractivity contribution in [3.05, 3.63) is 29.3 Å². The summed E-state index contributed by atoms with van der Waals surface area (Å²) in [7, 11) is 0. The lowest BCUT2D eigenvalue weighted by Crippen LogP contribution is -2.28. The van der Waals surface area contributed by atoms with E-state index < -0.39 is 0 Å². The largest absolute Gasteiger partial charge is 0.399 e. The van der Waals surface area contributed by atoms with E-state index in [9.17, 15) is 4.79 Å². The second-order valence-electron chi connectivity index (χ2n) is 5.12. The first kappa shape index (κ1) is 11.5. The van der Waals surface area contributed by atoms with Crippen LogP contribution in [-0.2, 0) is 22.6 Å². The SMILES string of the molecule is Nc1ccc2c(c1)CN(C(=O)CC1CCCO1)C2. The molecule has 2 N–H and O–H groups in total. The number of nitrogens with zero attached hydrogens (tertiary/aromatic N) is 1. The number of ether oxygens (including phenoxy) is 1. The van der Waals surface area contributed by atoms with Crippen LogP contribution in [0.2, 0.25) is 0 Å². The number of benzene rings is 1. The minimum Gasteiger partial charge on any atom is -0.399 e. The van der Waals surface area contributed by atoms with Gasteiger partial charge >= 0.3 is 0 Å². The van der Waals surface area contributed by atoms with Crippen LogP contribution in [-0.4, -0.2) is 23.5 Å². The molecule has 96 valence electrons. The first-order valence-corrected chi connectivity index (χ1v) is 6.49. The number of anilines is 1. The lowest BCUT2D eigenvalue weighted by atomic mass is 10.1. The fraction of sp³-hybridized carbons (Fsp3) is 0.500. The molecule has 4 nitrogen and oxygen atoms in total. The summed E-state index contributed by atoms with van der Waals surface area (Å²) in [5, 5.41) is 0. The minimum atomic E-state index is 0.131. The predicted octanol–water partition coefficient (Wildman–Crippen LogP) is 1.68. The van der Waals surface area contributed by atoms with E-state index in [0.29, 0.717) is 19.5 Å². The maximum Gasteiger partial charge on any atom is 0.225 e. The fourth-order valence-electron chi connectivity index (χ4n) is 2.72. The Bertz CT molecular complexity index is 467. The number of nitrogen functional groups attached to an aromatic ring is 1. The Morgan fingerprint density at radius 1 is 1.39 bits per heavy atom. The number of hydrogen-bond acceptors (Lipinski definition) is 3. The number of hydrogen-bond donors (Lipinski definition) is 1. The van der Waals surface area contributed by atoms with E-state index >= 15 is 0 Å². The number of amides is 1. The van der Waals surface area contributed by atoms with Gasteiger partial charge in [-0.05, 0) is 36.1 Å². The first-order chi connectivity index (χ1) is 8.72. The van der Waals surface area contributed by atoms with Gasteiger partial charge in [-0.1, -0.05) is 6.07 Å². The third kappa shape index (κ3) is 2.20. The molecule has 1 amide bonds. The Balaban J connectivity index is 1.64. The molecular weight excluding hydrogens is 228 g/mol. The smallest absolute Gasteiger partial charge is 0.225 e. The molecular formula is C14H18N2O2. The molecule has 1 saturated heterocycles. The van der Waals surface area contributed by atoms with E-state index in [4.69, 9.17) is 10.5 Å². The summed E-state index contributed by atoms with van der Waals surface area (Å²) in [5.74, 6) is 0.191. The minimum absolute atomic E-state index is 0.131. The standard InChI is InChI=1S/C14H18N2O2/c15-12-4-3-10-8-16(9-11(10)6-12)14(17)7-13-2-1-5-18-13/h3-4,6,13H,1-2,5,7-9,15H2. The summed E-state index contributed by atoms with van der Waals surface area (Å²) in [5.41, 5.74) is 8.92. The monoisotopic (exact) mass is 246 g/mol. The Morgan fingerprint density at radius 3 is 3.00 bits per heavy atom. The van der Waals surface area contributed by atoms with Crippen molar-refractivity contribution in [2.45, 2.75) is 38.5 Å². The van der Waals surface area contributed by atoms with Gasteiger partial charge in [0, 0.05) is 25.4 Å². The van der Waals surface area contributed by atoms with Crippen molar-refractivity contribution in [2.75, 3.05) is 12.3 Å². The highest BCUT2D eigenvalue weighted by Gasteiger charge is 2.27. The Labute approximate surface area is 107 Å². The van der Waals surface area contributed by atoms with Crippen LogP contribution in [0.1, 0.15) is 30.4 Å². The van der Waals surface area contributed by atoms with E-state index in [1.165, 1.54) is 11.1 Å².